The van der Waals surface area contributed by atoms with Crippen LogP contribution in [-0.4, -0.2) is 47.2 Å². The van der Waals surface area contributed by atoms with E-state index >= 15 is 0 Å². The fourth-order valence-corrected chi connectivity index (χ4v) is 1.57. The summed E-state index contributed by atoms with van der Waals surface area (Å²) in [4.78, 5) is 34.0. The summed E-state index contributed by atoms with van der Waals surface area (Å²) in [5.41, 5.74) is 0.465. The first-order valence-electron chi connectivity index (χ1n) is 4.61. The quantitative estimate of drug-likeness (QED) is 0.331. The number of imide groups is 1. The first-order valence-corrected chi connectivity index (χ1v) is 4.61. The fraction of sp³-hybridized carbons (Fsp3) is 0.182. The molecule has 1 atom stereocenters. The predicted molar refractivity (Wildman–Crippen MR) is 59.2 cm³/mol. The number of Topliss-reactive ketones (excluding diaryl/α,β-unsaturated/α-hetero) is 1. The molecule has 5 heteroatoms. The van der Waals surface area contributed by atoms with E-state index < -0.39 is 11.8 Å². The topological polar surface area (TPSA) is 63.2 Å². The maximum atomic E-state index is 11.8. The van der Waals surface area contributed by atoms with Gasteiger partial charge in [-0.3, -0.25) is 19.7 Å². The molecule has 0 saturated carbocycles. The Morgan fingerprint density at radius 3 is 2.31 bits per heavy atom. The summed E-state index contributed by atoms with van der Waals surface area (Å²) < 4.78 is 0. The van der Waals surface area contributed by atoms with Gasteiger partial charge in [-0.2, -0.15) is 0 Å². The van der Waals surface area contributed by atoms with Crippen LogP contribution in [0.2, 0.25) is 0 Å². The maximum absolute atomic E-state index is 11.8. The summed E-state index contributed by atoms with van der Waals surface area (Å²) >= 11 is 0. The van der Waals surface area contributed by atoms with Gasteiger partial charge in [-0.05, 0) is 0 Å². The molecule has 0 bridgehead atoms. The van der Waals surface area contributed by atoms with Crippen LogP contribution in [0.15, 0.2) is 30.3 Å². The normalized spacial score (nSPS) is 18.9. The van der Waals surface area contributed by atoms with Crippen molar-refractivity contribution in [1.29, 1.82) is 0 Å². The van der Waals surface area contributed by atoms with Crippen molar-refractivity contribution in [3.05, 3.63) is 35.9 Å². The van der Waals surface area contributed by atoms with Crippen LogP contribution < -0.4 is 5.32 Å². The number of carbonyl (C=O) groups excluding carboxylic acids is 3. The van der Waals surface area contributed by atoms with Gasteiger partial charge in [0.25, 0.3) is 0 Å². The summed E-state index contributed by atoms with van der Waals surface area (Å²) in [6.45, 7) is 0. The van der Waals surface area contributed by atoms with Crippen molar-refractivity contribution >= 4 is 47.2 Å². The van der Waals surface area contributed by atoms with Gasteiger partial charge in [0.2, 0.25) is 11.8 Å². The minimum absolute atomic E-state index is 0. The Hall–Kier alpha value is -0.970. The second-order valence-corrected chi connectivity index (χ2v) is 3.40. The molecule has 0 spiro atoms. The number of hydrogen-bond donors (Lipinski definition) is 1. The van der Waals surface area contributed by atoms with Gasteiger partial charge in [0.1, 0.15) is 5.92 Å². The second kappa shape index (κ2) is 5.39. The van der Waals surface area contributed by atoms with E-state index in [1.807, 2.05) is 0 Å². The molecular formula is C11H10NNaO3. The molecule has 0 radical (unpaired) electrons. The minimum atomic E-state index is -0.847. The predicted octanol–water partition coefficient (Wildman–Crippen LogP) is -0.116. The molecule has 4 nitrogen and oxygen atoms in total. The zero-order valence-electron chi connectivity index (χ0n) is 7.90. The van der Waals surface area contributed by atoms with Crippen LogP contribution in [0.5, 0.6) is 0 Å². The SMILES string of the molecule is O=C1CC(C(=O)c2ccccc2)C(=O)N1.[NaH]. The molecule has 1 aliphatic heterocycles. The molecule has 1 N–H and O–H groups in total. The van der Waals surface area contributed by atoms with E-state index in [-0.39, 0.29) is 47.7 Å². The van der Waals surface area contributed by atoms with E-state index in [1.165, 1.54) is 0 Å². The van der Waals surface area contributed by atoms with E-state index in [4.69, 9.17) is 0 Å². The molecule has 1 unspecified atom stereocenters. The summed E-state index contributed by atoms with van der Waals surface area (Å²) in [5.74, 6) is -2.01. The van der Waals surface area contributed by atoms with E-state index in [0.29, 0.717) is 5.56 Å². The number of benzene rings is 1. The Bertz CT molecular complexity index is 430. The summed E-state index contributed by atoms with van der Waals surface area (Å²) in [6.07, 6.45) is -0.0352. The molecule has 1 aliphatic rings. The molecule has 1 aromatic rings. The second-order valence-electron chi connectivity index (χ2n) is 3.40. The first kappa shape index (κ1) is 13.1. The van der Waals surface area contributed by atoms with E-state index in [9.17, 15) is 14.4 Å². The van der Waals surface area contributed by atoms with Crippen molar-refractivity contribution in [3.8, 4) is 0 Å². The molecule has 78 valence electrons. The van der Waals surface area contributed by atoms with E-state index in [0.717, 1.165) is 0 Å². The molecule has 2 rings (SSSR count). The first-order chi connectivity index (χ1) is 7.18. The molecule has 1 heterocycles. The van der Waals surface area contributed by atoms with Gasteiger partial charge in [0.05, 0.1) is 0 Å². The average Bonchev–Trinajstić information content (AvgIpc) is 2.58. The third kappa shape index (κ3) is 2.58. The zero-order valence-corrected chi connectivity index (χ0v) is 7.90. The third-order valence-electron chi connectivity index (χ3n) is 2.34. The van der Waals surface area contributed by atoms with Crippen LogP contribution in [0, 0.1) is 5.92 Å². The molecule has 0 aliphatic carbocycles. The monoisotopic (exact) mass is 227 g/mol. The van der Waals surface area contributed by atoms with Crippen LogP contribution in [-0.2, 0) is 9.59 Å². The van der Waals surface area contributed by atoms with E-state index in [2.05, 4.69) is 5.32 Å². The van der Waals surface area contributed by atoms with Gasteiger partial charge < -0.3 is 0 Å². The van der Waals surface area contributed by atoms with Crippen molar-refractivity contribution in [2.75, 3.05) is 0 Å². The van der Waals surface area contributed by atoms with Crippen molar-refractivity contribution in [1.82, 2.24) is 5.32 Å². The van der Waals surface area contributed by atoms with Crippen molar-refractivity contribution in [2.45, 2.75) is 6.42 Å². The summed E-state index contributed by atoms with van der Waals surface area (Å²) in [5, 5.41) is 2.12. The fourth-order valence-electron chi connectivity index (χ4n) is 1.57. The molecular weight excluding hydrogens is 217 g/mol. The van der Waals surface area contributed by atoms with Crippen LogP contribution in [0.1, 0.15) is 16.8 Å². The number of amides is 2. The Kier molecular flexibility index (Phi) is 4.41. The van der Waals surface area contributed by atoms with Crippen LogP contribution in [0.25, 0.3) is 0 Å². The number of carbonyl (C=O) groups is 3. The summed E-state index contributed by atoms with van der Waals surface area (Å²) in [7, 11) is 0. The Morgan fingerprint density at radius 2 is 1.81 bits per heavy atom. The van der Waals surface area contributed by atoms with Gasteiger partial charge in [0, 0.05) is 12.0 Å². The van der Waals surface area contributed by atoms with Gasteiger partial charge in [-0.1, -0.05) is 30.3 Å². The van der Waals surface area contributed by atoms with Crippen molar-refractivity contribution < 1.29 is 14.4 Å². The number of ketones is 1. The Morgan fingerprint density at radius 1 is 1.19 bits per heavy atom. The van der Waals surface area contributed by atoms with Crippen molar-refractivity contribution in [3.63, 3.8) is 0 Å². The molecule has 0 aromatic heterocycles. The number of nitrogens with one attached hydrogen (secondary N) is 1. The standard InChI is InChI=1S/C11H9NO3.Na.H/c13-9-6-8(11(15)12-9)10(14)7-4-2-1-3-5-7;;/h1-5,8H,6H2,(H,12,13,15);;. The average molecular weight is 227 g/mol. The number of hydrogen-bond acceptors (Lipinski definition) is 3. The number of rotatable bonds is 2. The van der Waals surface area contributed by atoms with Gasteiger partial charge >= 0.3 is 29.6 Å². The molecule has 16 heavy (non-hydrogen) atoms. The van der Waals surface area contributed by atoms with Gasteiger partial charge in [-0.15, -0.1) is 0 Å². The third-order valence-corrected chi connectivity index (χ3v) is 2.34. The summed E-state index contributed by atoms with van der Waals surface area (Å²) in [6, 6.07) is 8.51. The zero-order chi connectivity index (χ0) is 10.8. The Labute approximate surface area is 115 Å². The van der Waals surface area contributed by atoms with Crippen LogP contribution >= 0.6 is 0 Å². The van der Waals surface area contributed by atoms with Crippen LogP contribution in [0.3, 0.4) is 0 Å². The van der Waals surface area contributed by atoms with E-state index in [1.54, 1.807) is 30.3 Å². The molecule has 1 fully saturated rings. The Balaban J connectivity index is 0.00000128. The van der Waals surface area contributed by atoms with Gasteiger partial charge in [-0.25, -0.2) is 0 Å². The molecule has 1 aromatic carbocycles. The molecule has 1 saturated heterocycles. The molecule has 2 amide bonds. The van der Waals surface area contributed by atoms with Crippen LogP contribution in [0.4, 0.5) is 0 Å². The van der Waals surface area contributed by atoms with Crippen molar-refractivity contribution in [2.24, 2.45) is 5.92 Å². The van der Waals surface area contributed by atoms with Gasteiger partial charge in [0.15, 0.2) is 5.78 Å².